The minimum atomic E-state index is 0.655. The van der Waals surface area contributed by atoms with Crippen LogP contribution in [0.15, 0.2) is 42.5 Å². The summed E-state index contributed by atoms with van der Waals surface area (Å²) in [6.45, 7) is 6.01. The maximum atomic E-state index is 5.36. The van der Waals surface area contributed by atoms with Crippen molar-refractivity contribution in [1.29, 1.82) is 0 Å². The minimum absolute atomic E-state index is 0.655. The highest BCUT2D eigenvalue weighted by molar-refractivity contribution is 5.66. The van der Waals surface area contributed by atoms with Gasteiger partial charge in [-0.1, -0.05) is 12.1 Å². The number of nitrogens with one attached hydrogen (secondary N) is 2. The van der Waals surface area contributed by atoms with Crippen molar-refractivity contribution in [1.82, 2.24) is 9.97 Å². The molecule has 2 aromatic carbocycles. The Kier molecular flexibility index (Phi) is 5.45. The molecule has 6 heteroatoms. The lowest BCUT2D eigenvalue weighted by Crippen LogP contribution is -2.02. The van der Waals surface area contributed by atoms with Crippen LogP contribution in [0.1, 0.15) is 17.0 Å². The highest BCUT2D eigenvalue weighted by atomic mass is 16.5. The van der Waals surface area contributed by atoms with Crippen LogP contribution < -0.4 is 20.1 Å². The van der Waals surface area contributed by atoms with Gasteiger partial charge in [-0.05, 0) is 50.1 Å². The van der Waals surface area contributed by atoms with E-state index >= 15 is 0 Å². The second-order valence-electron chi connectivity index (χ2n) is 6.32. The molecule has 0 saturated carbocycles. The van der Waals surface area contributed by atoms with Crippen LogP contribution in [0.4, 0.5) is 23.0 Å². The van der Waals surface area contributed by atoms with Crippen molar-refractivity contribution in [2.75, 3.05) is 24.9 Å². The quantitative estimate of drug-likeness (QED) is 0.648. The molecule has 2 N–H and O–H groups in total. The second kappa shape index (κ2) is 7.95. The number of aromatic nitrogens is 2. The molecule has 0 radical (unpaired) electrons. The number of methoxy groups -OCH3 is 2. The summed E-state index contributed by atoms with van der Waals surface area (Å²) >= 11 is 0. The van der Waals surface area contributed by atoms with Crippen LogP contribution in [0.5, 0.6) is 11.5 Å². The monoisotopic (exact) mass is 364 g/mol. The summed E-state index contributed by atoms with van der Waals surface area (Å²) in [5, 5.41) is 6.68. The molecule has 0 bridgehead atoms. The molecule has 140 valence electrons. The van der Waals surface area contributed by atoms with Crippen LogP contribution >= 0.6 is 0 Å². The first-order chi connectivity index (χ1) is 13.0. The number of hydrogen-bond donors (Lipinski definition) is 2. The van der Waals surface area contributed by atoms with Gasteiger partial charge in [0.25, 0.3) is 0 Å². The summed E-state index contributed by atoms with van der Waals surface area (Å²) in [6.07, 6.45) is 0. The Labute approximate surface area is 159 Å². The standard InChI is InChI=1S/C21H24N4O2/c1-13-6-7-14(2)17(10-13)25-21-12-20(22-15(3)23-21)24-16-8-9-18(26-4)19(11-16)27-5/h6-12H,1-5H3,(H2,22,23,24,25). The number of rotatable bonds is 6. The first-order valence-electron chi connectivity index (χ1n) is 8.67. The molecule has 0 spiro atoms. The van der Waals surface area contributed by atoms with Crippen LogP contribution in [0, 0.1) is 20.8 Å². The molecule has 27 heavy (non-hydrogen) atoms. The maximum absolute atomic E-state index is 5.36. The zero-order valence-electron chi connectivity index (χ0n) is 16.3. The topological polar surface area (TPSA) is 68.3 Å². The summed E-state index contributed by atoms with van der Waals surface area (Å²) in [5.74, 6) is 3.44. The first kappa shape index (κ1) is 18.5. The van der Waals surface area contributed by atoms with Crippen LogP contribution in [-0.4, -0.2) is 24.2 Å². The van der Waals surface area contributed by atoms with Crippen molar-refractivity contribution in [3.8, 4) is 11.5 Å². The predicted octanol–water partition coefficient (Wildman–Crippen LogP) is 4.91. The van der Waals surface area contributed by atoms with E-state index in [4.69, 9.17) is 9.47 Å². The maximum Gasteiger partial charge on any atom is 0.162 e. The molecule has 0 amide bonds. The van der Waals surface area contributed by atoms with Crippen molar-refractivity contribution in [2.24, 2.45) is 0 Å². The summed E-state index contributed by atoms with van der Waals surface area (Å²) < 4.78 is 10.6. The van der Waals surface area contributed by atoms with E-state index in [1.54, 1.807) is 14.2 Å². The average Bonchev–Trinajstić information content (AvgIpc) is 2.64. The molecule has 1 aromatic heterocycles. The molecule has 6 nitrogen and oxygen atoms in total. The van der Waals surface area contributed by atoms with Gasteiger partial charge in [0.2, 0.25) is 0 Å². The Balaban J connectivity index is 1.86. The lowest BCUT2D eigenvalue weighted by molar-refractivity contribution is 0.355. The fourth-order valence-electron chi connectivity index (χ4n) is 2.77. The predicted molar refractivity (Wildman–Crippen MR) is 109 cm³/mol. The number of anilines is 4. The fourth-order valence-corrected chi connectivity index (χ4v) is 2.77. The SMILES string of the molecule is COc1ccc(Nc2cc(Nc3cc(C)ccc3C)nc(C)n2)cc1OC. The Morgan fingerprint density at radius 2 is 1.44 bits per heavy atom. The van der Waals surface area contributed by atoms with E-state index in [1.807, 2.05) is 31.2 Å². The third kappa shape index (κ3) is 4.47. The molecule has 0 aliphatic heterocycles. The molecule has 1 heterocycles. The zero-order valence-corrected chi connectivity index (χ0v) is 16.3. The molecule has 0 saturated heterocycles. The van der Waals surface area contributed by atoms with E-state index in [0.29, 0.717) is 23.1 Å². The zero-order chi connectivity index (χ0) is 19.4. The third-order valence-electron chi connectivity index (χ3n) is 4.15. The number of hydrogen-bond acceptors (Lipinski definition) is 6. The van der Waals surface area contributed by atoms with Crippen LogP contribution in [0.3, 0.4) is 0 Å². The molecule has 0 unspecified atom stereocenters. The summed E-state index contributed by atoms with van der Waals surface area (Å²) in [5.41, 5.74) is 4.23. The van der Waals surface area contributed by atoms with Gasteiger partial charge in [0, 0.05) is 23.5 Å². The molecular weight excluding hydrogens is 340 g/mol. The van der Waals surface area contributed by atoms with Crippen molar-refractivity contribution in [3.63, 3.8) is 0 Å². The summed E-state index contributed by atoms with van der Waals surface area (Å²) in [4.78, 5) is 8.97. The van der Waals surface area contributed by atoms with Gasteiger partial charge in [0.15, 0.2) is 11.5 Å². The van der Waals surface area contributed by atoms with E-state index in [9.17, 15) is 0 Å². The van der Waals surface area contributed by atoms with Gasteiger partial charge in [-0.25, -0.2) is 9.97 Å². The molecule has 0 aliphatic carbocycles. The molecular formula is C21H24N4O2. The van der Waals surface area contributed by atoms with Gasteiger partial charge in [0.1, 0.15) is 17.5 Å². The third-order valence-corrected chi connectivity index (χ3v) is 4.15. The highest BCUT2D eigenvalue weighted by Gasteiger charge is 2.08. The minimum Gasteiger partial charge on any atom is -0.493 e. The van der Waals surface area contributed by atoms with Crippen molar-refractivity contribution in [2.45, 2.75) is 20.8 Å². The first-order valence-corrected chi connectivity index (χ1v) is 8.67. The summed E-state index contributed by atoms with van der Waals surface area (Å²) in [6, 6.07) is 13.8. The largest absolute Gasteiger partial charge is 0.493 e. The Morgan fingerprint density at radius 3 is 2.15 bits per heavy atom. The number of benzene rings is 2. The Hall–Kier alpha value is -3.28. The van der Waals surface area contributed by atoms with Gasteiger partial charge in [-0.15, -0.1) is 0 Å². The van der Waals surface area contributed by atoms with Gasteiger partial charge in [0.05, 0.1) is 14.2 Å². The number of aryl methyl sites for hydroxylation is 3. The lowest BCUT2D eigenvalue weighted by atomic mass is 10.1. The molecule has 0 fully saturated rings. The average molecular weight is 364 g/mol. The molecule has 0 atom stereocenters. The van der Waals surface area contributed by atoms with E-state index in [0.717, 1.165) is 22.8 Å². The molecule has 0 aliphatic rings. The van der Waals surface area contributed by atoms with E-state index < -0.39 is 0 Å². The van der Waals surface area contributed by atoms with Gasteiger partial charge >= 0.3 is 0 Å². The van der Waals surface area contributed by atoms with Crippen molar-refractivity contribution < 1.29 is 9.47 Å². The van der Waals surface area contributed by atoms with Crippen LogP contribution in [0.2, 0.25) is 0 Å². The number of nitrogens with zero attached hydrogens (tertiary/aromatic N) is 2. The highest BCUT2D eigenvalue weighted by Crippen LogP contribution is 2.31. The summed E-state index contributed by atoms with van der Waals surface area (Å²) in [7, 11) is 3.23. The van der Waals surface area contributed by atoms with E-state index in [2.05, 4.69) is 52.6 Å². The van der Waals surface area contributed by atoms with E-state index in [1.165, 1.54) is 5.56 Å². The Morgan fingerprint density at radius 1 is 0.741 bits per heavy atom. The fraction of sp³-hybridized carbons (Fsp3) is 0.238. The van der Waals surface area contributed by atoms with Crippen molar-refractivity contribution in [3.05, 3.63) is 59.4 Å². The van der Waals surface area contributed by atoms with Gasteiger partial charge in [-0.3, -0.25) is 0 Å². The number of ether oxygens (including phenoxy) is 2. The lowest BCUT2D eigenvalue weighted by Gasteiger charge is -2.13. The smallest absolute Gasteiger partial charge is 0.162 e. The van der Waals surface area contributed by atoms with Gasteiger partial charge < -0.3 is 20.1 Å². The van der Waals surface area contributed by atoms with Crippen molar-refractivity contribution >= 4 is 23.0 Å². The van der Waals surface area contributed by atoms with E-state index in [-0.39, 0.29) is 0 Å². The molecule has 3 aromatic rings. The Bertz CT molecular complexity index is 957. The van der Waals surface area contributed by atoms with Gasteiger partial charge in [-0.2, -0.15) is 0 Å². The second-order valence-corrected chi connectivity index (χ2v) is 6.32. The van der Waals surface area contributed by atoms with Crippen LogP contribution in [-0.2, 0) is 0 Å². The molecule has 3 rings (SSSR count). The van der Waals surface area contributed by atoms with Crippen LogP contribution in [0.25, 0.3) is 0 Å². The normalized spacial score (nSPS) is 10.4.